The molecule has 96 valence electrons. The van der Waals surface area contributed by atoms with Crippen molar-refractivity contribution in [2.75, 3.05) is 19.6 Å². The molecular formula is C13H23N3O. The first-order valence-corrected chi connectivity index (χ1v) is 6.71. The quantitative estimate of drug-likeness (QED) is 0.778. The lowest BCUT2D eigenvalue weighted by atomic mass is 10.1. The maximum Gasteiger partial charge on any atom is 0.0967 e. The molecule has 1 heterocycles. The Hall–Kier alpha value is -0.630. The molecule has 0 aromatic carbocycles. The standard InChI is InChI=1S/C13H23N3O/c1-10-8-16(9-11(2)17-10)6-5-13(7-14)15-12-3-4-12/h10-13,15H,3-6,8-9H2,1-2H3. The molecule has 4 heteroatoms. The first-order valence-electron chi connectivity index (χ1n) is 6.71. The molecule has 4 nitrogen and oxygen atoms in total. The van der Waals surface area contributed by atoms with Gasteiger partial charge in [0.25, 0.3) is 0 Å². The van der Waals surface area contributed by atoms with Gasteiger partial charge in [-0.1, -0.05) is 0 Å². The fourth-order valence-corrected chi connectivity index (χ4v) is 2.50. The number of hydrogen-bond acceptors (Lipinski definition) is 4. The Morgan fingerprint density at radius 2 is 2.00 bits per heavy atom. The monoisotopic (exact) mass is 237 g/mol. The lowest BCUT2D eigenvalue weighted by molar-refractivity contribution is -0.0683. The van der Waals surface area contributed by atoms with E-state index in [0.717, 1.165) is 26.1 Å². The third-order valence-electron chi connectivity index (χ3n) is 3.40. The van der Waals surface area contributed by atoms with Crippen LogP contribution in [0.2, 0.25) is 0 Å². The van der Waals surface area contributed by atoms with Crippen molar-refractivity contribution < 1.29 is 4.74 Å². The maximum atomic E-state index is 9.08. The van der Waals surface area contributed by atoms with Crippen molar-refractivity contribution in [3.63, 3.8) is 0 Å². The maximum absolute atomic E-state index is 9.08. The highest BCUT2D eigenvalue weighted by Gasteiger charge is 2.26. The Labute approximate surface area is 104 Å². The Bertz CT molecular complexity index is 275. The number of nitrogens with zero attached hydrogens (tertiary/aromatic N) is 2. The van der Waals surface area contributed by atoms with Crippen LogP contribution >= 0.6 is 0 Å². The van der Waals surface area contributed by atoms with Gasteiger partial charge in [0.15, 0.2) is 0 Å². The molecule has 2 fully saturated rings. The second-order valence-electron chi connectivity index (χ2n) is 5.43. The van der Waals surface area contributed by atoms with Gasteiger partial charge in [0.1, 0.15) is 0 Å². The van der Waals surface area contributed by atoms with Crippen LogP contribution in [-0.2, 0) is 4.74 Å². The molecule has 0 amide bonds. The van der Waals surface area contributed by atoms with E-state index in [0.29, 0.717) is 18.2 Å². The Morgan fingerprint density at radius 3 is 2.53 bits per heavy atom. The van der Waals surface area contributed by atoms with Crippen LogP contribution in [0.25, 0.3) is 0 Å². The number of ether oxygens (including phenoxy) is 1. The van der Waals surface area contributed by atoms with Crippen molar-refractivity contribution in [2.24, 2.45) is 0 Å². The third-order valence-corrected chi connectivity index (χ3v) is 3.40. The van der Waals surface area contributed by atoms with E-state index in [2.05, 4.69) is 30.1 Å². The molecule has 3 unspecified atom stereocenters. The second kappa shape index (κ2) is 5.81. The lowest BCUT2D eigenvalue weighted by Gasteiger charge is -2.35. The third kappa shape index (κ3) is 4.27. The number of hydrogen-bond donors (Lipinski definition) is 1. The first-order chi connectivity index (χ1) is 8.17. The smallest absolute Gasteiger partial charge is 0.0967 e. The predicted molar refractivity (Wildman–Crippen MR) is 66.6 cm³/mol. The number of nitriles is 1. The number of nitrogens with one attached hydrogen (secondary N) is 1. The highest BCUT2D eigenvalue weighted by Crippen LogP contribution is 2.20. The van der Waals surface area contributed by atoms with Gasteiger partial charge in [0.2, 0.25) is 0 Å². The van der Waals surface area contributed by atoms with Gasteiger partial charge < -0.3 is 4.74 Å². The minimum Gasteiger partial charge on any atom is -0.373 e. The molecule has 2 aliphatic rings. The van der Waals surface area contributed by atoms with Crippen molar-refractivity contribution in [1.82, 2.24) is 10.2 Å². The Morgan fingerprint density at radius 1 is 1.35 bits per heavy atom. The first kappa shape index (κ1) is 12.8. The number of morpholine rings is 1. The molecule has 0 spiro atoms. The SMILES string of the molecule is CC1CN(CCC(C#N)NC2CC2)CC(C)O1. The molecule has 1 saturated heterocycles. The molecule has 1 aliphatic heterocycles. The van der Waals surface area contributed by atoms with Gasteiger partial charge in [-0.15, -0.1) is 0 Å². The summed E-state index contributed by atoms with van der Waals surface area (Å²) in [6, 6.07) is 3.00. The highest BCUT2D eigenvalue weighted by atomic mass is 16.5. The van der Waals surface area contributed by atoms with Gasteiger partial charge >= 0.3 is 0 Å². The molecule has 1 N–H and O–H groups in total. The van der Waals surface area contributed by atoms with Crippen LogP contribution < -0.4 is 5.32 Å². The second-order valence-corrected chi connectivity index (χ2v) is 5.43. The normalized spacial score (nSPS) is 32.1. The van der Waals surface area contributed by atoms with Crippen molar-refractivity contribution in [3.8, 4) is 6.07 Å². The zero-order chi connectivity index (χ0) is 12.3. The zero-order valence-corrected chi connectivity index (χ0v) is 10.9. The molecule has 17 heavy (non-hydrogen) atoms. The molecule has 2 rings (SSSR count). The summed E-state index contributed by atoms with van der Waals surface area (Å²) in [7, 11) is 0. The van der Waals surface area contributed by atoms with Crippen LogP contribution in [0.15, 0.2) is 0 Å². The summed E-state index contributed by atoms with van der Waals surface area (Å²) in [6.45, 7) is 7.22. The Balaban J connectivity index is 1.70. The average Bonchev–Trinajstić information content (AvgIpc) is 3.06. The van der Waals surface area contributed by atoms with Crippen molar-refractivity contribution in [2.45, 2.75) is 57.4 Å². The van der Waals surface area contributed by atoms with Crippen LogP contribution in [0.3, 0.4) is 0 Å². The van der Waals surface area contributed by atoms with Crippen LogP contribution in [0.1, 0.15) is 33.1 Å². The fourth-order valence-electron chi connectivity index (χ4n) is 2.50. The molecule has 0 aromatic rings. The summed E-state index contributed by atoms with van der Waals surface area (Å²) >= 11 is 0. The predicted octanol–water partition coefficient (Wildman–Crippen LogP) is 1.13. The molecule has 3 atom stereocenters. The van der Waals surface area contributed by atoms with Crippen LogP contribution in [-0.4, -0.2) is 48.8 Å². The summed E-state index contributed by atoms with van der Waals surface area (Å²) < 4.78 is 5.70. The summed E-state index contributed by atoms with van der Waals surface area (Å²) in [5.41, 5.74) is 0. The fraction of sp³-hybridized carbons (Fsp3) is 0.923. The van der Waals surface area contributed by atoms with Crippen molar-refractivity contribution >= 4 is 0 Å². The highest BCUT2D eigenvalue weighted by molar-refractivity contribution is 4.96. The molecule has 0 bridgehead atoms. The van der Waals surface area contributed by atoms with Gasteiger partial charge in [-0.3, -0.25) is 10.2 Å². The topological polar surface area (TPSA) is 48.3 Å². The van der Waals surface area contributed by atoms with Gasteiger partial charge in [0.05, 0.1) is 24.3 Å². The van der Waals surface area contributed by atoms with Crippen molar-refractivity contribution in [1.29, 1.82) is 5.26 Å². The average molecular weight is 237 g/mol. The largest absolute Gasteiger partial charge is 0.373 e. The Kier molecular flexibility index (Phi) is 4.38. The van der Waals surface area contributed by atoms with Crippen LogP contribution in [0.4, 0.5) is 0 Å². The van der Waals surface area contributed by atoms with Gasteiger partial charge in [-0.25, -0.2) is 0 Å². The van der Waals surface area contributed by atoms with Crippen LogP contribution in [0.5, 0.6) is 0 Å². The summed E-state index contributed by atoms with van der Waals surface area (Å²) in [5.74, 6) is 0. The minimum atomic E-state index is 0.0240. The molecular weight excluding hydrogens is 214 g/mol. The van der Waals surface area contributed by atoms with E-state index in [-0.39, 0.29) is 6.04 Å². The van der Waals surface area contributed by atoms with E-state index in [1.807, 2.05) is 0 Å². The minimum absolute atomic E-state index is 0.0240. The van der Waals surface area contributed by atoms with E-state index < -0.39 is 0 Å². The summed E-state index contributed by atoms with van der Waals surface area (Å²) in [5, 5.41) is 12.5. The van der Waals surface area contributed by atoms with Crippen LogP contribution in [0, 0.1) is 11.3 Å². The van der Waals surface area contributed by atoms with Crippen molar-refractivity contribution in [3.05, 3.63) is 0 Å². The van der Waals surface area contributed by atoms with Gasteiger partial charge in [-0.05, 0) is 33.1 Å². The van der Waals surface area contributed by atoms with E-state index in [9.17, 15) is 0 Å². The molecule has 0 aromatic heterocycles. The molecule has 1 aliphatic carbocycles. The van der Waals surface area contributed by atoms with E-state index in [4.69, 9.17) is 10.00 Å². The molecule has 0 radical (unpaired) electrons. The molecule has 1 saturated carbocycles. The van der Waals surface area contributed by atoms with E-state index in [1.165, 1.54) is 12.8 Å². The lowest BCUT2D eigenvalue weighted by Crippen LogP contribution is -2.46. The number of rotatable bonds is 5. The van der Waals surface area contributed by atoms with Gasteiger partial charge in [-0.2, -0.15) is 5.26 Å². The van der Waals surface area contributed by atoms with Gasteiger partial charge in [0, 0.05) is 25.7 Å². The van der Waals surface area contributed by atoms with E-state index >= 15 is 0 Å². The zero-order valence-electron chi connectivity index (χ0n) is 10.9. The summed E-state index contributed by atoms with van der Waals surface area (Å²) in [4.78, 5) is 2.41. The summed E-state index contributed by atoms with van der Waals surface area (Å²) in [6.07, 6.45) is 4.03. The van der Waals surface area contributed by atoms with E-state index in [1.54, 1.807) is 0 Å².